The van der Waals surface area contributed by atoms with Crippen LogP contribution in [0.1, 0.15) is 18.4 Å². The van der Waals surface area contributed by atoms with Gasteiger partial charge in [0.1, 0.15) is 0 Å². The molecular formula is C14H18ClNO. The molecule has 0 spiro atoms. The summed E-state index contributed by atoms with van der Waals surface area (Å²) < 4.78 is 5.99. The fourth-order valence-corrected chi connectivity index (χ4v) is 3.26. The van der Waals surface area contributed by atoms with Gasteiger partial charge in [0.2, 0.25) is 0 Å². The molecule has 2 nitrogen and oxygen atoms in total. The zero-order valence-corrected chi connectivity index (χ0v) is 10.6. The zero-order chi connectivity index (χ0) is 11.7. The summed E-state index contributed by atoms with van der Waals surface area (Å²) in [6.07, 6.45) is 2.85. The molecule has 1 unspecified atom stereocenters. The Hall–Kier alpha value is -0.570. The fraction of sp³-hybridized carbons (Fsp3) is 0.571. The molecule has 3 atom stereocenters. The average Bonchev–Trinajstić information content (AvgIpc) is 2.88. The Morgan fingerprint density at radius 3 is 2.59 bits per heavy atom. The van der Waals surface area contributed by atoms with Crippen LogP contribution >= 0.6 is 11.6 Å². The van der Waals surface area contributed by atoms with Gasteiger partial charge in [-0.05, 0) is 49.4 Å². The van der Waals surface area contributed by atoms with Gasteiger partial charge < -0.3 is 10.1 Å². The summed E-state index contributed by atoms with van der Waals surface area (Å²) >= 11 is 6.12. The Morgan fingerprint density at radius 1 is 1.18 bits per heavy atom. The van der Waals surface area contributed by atoms with Gasteiger partial charge in [0.05, 0.1) is 12.7 Å². The molecule has 0 radical (unpaired) electrons. The van der Waals surface area contributed by atoms with Crippen LogP contribution in [-0.2, 0) is 11.3 Å². The lowest BCUT2D eigenvalue weighted by Gasteiger charge is -2.13. The molecule has 1 saturated heterocycles. The van der Waals surface area contributed by atoms with Crippen LogP contribution in [0.4, 0.5) is 0 Å². The Balaban J connectivity index is 1.54. The van der Waals surface area contributed by atoms with Gasteiger partial charge in [-0.25, -0.2) is 0 Å². The second-order valence-electron chi connectivity index (χ2n) is 5.17. The van der Waals surface area contributed by atoms with E-state index in [0.29, 0.717) is 12.7 Å². The van der Waals surface area contributed by atoms with Gasteiger partial charge in [0.25, 0.3) is 0 Å². The third-order valence-electron chi connectivity index (χ3n) is 4.04. The number of fused-ring (bicyclic) bond motifs is 1. The molecule has 92 valence electrons. The van der Waals surface area contributed by atoms with Crippen molar-refractivity contribution in [1.29, 1.82) is 0 Å². The lowest BCUT2D eigenvalue weighted by molar-refractivity contribution is 0.0405. The van der Waals surface area contributed by atoms with Gasteiger partial charge in [-0.1, -0.05) is 29.8 Å². The first-order valence-electron chi connectivity index (χ1n) is 6.38. The molecule has 0 aromatic heterocycles. The number of ether oxygens (including phenoxy) is 1. The molecule has 2 aliphatic rings. The molecule has 2 fully saturated rings. The van der Waals surface area contributed by atoms with Crippen LogP contribution < -0.4 is 5.32 Å². The average molecular weight is 252 g/mol. The molecule has 1 aliphatic carbocycles. The molecule has 1 aromatic carbocycles. The van der Waals surface area contributed by atoms with Gasteiger partial charge >= 0.3 is 0 Å². The first-order valence-corrected chi connectivity index (χ1v) is 6.76. The molecule has 3 rings (SSSR count). The van der Waals surface area contributed by atoms with Crippen molar-refractivity contribution in [3.8, 4) is 0 Å². The lowest BCUT2D eigenvalue weighted by atomic mass is 10.0. The van der Waals surface area contributed by atoms with Crippen LogP contribution in [0.2, 0.25) is 5.02 Å². The summed E-state index contributed by atoms with van der Waals surface area (Å²) in [5, 5.41) is 4.26. The van der Waals surface area contributed by atoms with Crippen molar-refractivity contribution in [3.05, 3.63) is 34.9 Å². The third-order valence-corrected chi connectivity index (χ3v) is 4.41. The summed E-state index contributed by atoms with van der Waals surface area (Å²) in [6, 6.07) is 7.93. The van der Waals surface area contributed by atoms with E-state index < -0.39 is 0 Å². The first kappa shape index (κ1) is 11.5. The quantitative estimate of drug-likeness (QED) is 0.892. The molecule has 3 heteroatoms. The van der Waals surface area contributed by atoms with Crippen molar-refractivity contribution < 1.29 is 4.74 Å². The summed E-state index contributed by atoms with van der Waals surface area (Å²) in [6.45, 7) is 3.00. The molecule has 1 N–H and O–H groups in total. The van der Waals surface area contributed by atoms with Crippen LogP contribution in [0, 0.1) is 11.8 Å². The summed E-state index contributed by atoms with van der Waals surface area (Å²) in [5.74, 6) is 1.68. The maximum Gasteiger partial charge on any atom is 0.0735 e. The maximum atomic E-state index is 6.12. The van der Waals surface area contributed by atoms with E-state index in [1.807, 2.05) is 24.3 Å². The van der Waals surface area contributed by atoms with E-state index in [-0.39, 0.29) is 0 Å². The minimum absolute atomic E-state index is 0.434. The summed E-state index contributed by atoms with van der Waals surface area (Å²) in [4.78, 5) is 0. The van der Waals surface area contributed by atoms with Gasteiger partial charge in [0, 0.05) is 5.02 Å². The number of hydrogen-bond acceptors (Lipinski definition) is 2. The van der Waals surface area contributed by atoms with Crippen molar-refractivity contribution in [2.24, 2.45) is 11.8 Å². The fourth-order valence-electron chi connectivity index (χ4n) is 3.07. The normalized spacial score (nSPS) is 31.7. The van der Waals surface area contributed by atoms with E-state index in [9.17, 15) is 0 Å². The Bertz CT molecular complexity index is 384. The molecule has 0 bridgehead atoms. The number of hydrogen-bond donors (Lipinski definition) is 1. The van der Waals surface area contributed by atoms with Gasteiger partial charge in [0.15, 0.2) is 0 Å². The highest BCUT2D eigenvalue weighted by Gasteiger charge is 2.37. The molecular weight excluding hydrogens is 234 g/mol. The van der Waals surface area contributed by atoms with E-state index in [1.165, 1.54) is 25.9 Å². The SMILES string of the molecule is Clc1ccccc1COC1C[C@H]2CNC[C@H]2C1. The van der Waals surface area contributed by atoms with Gasteiger partial charge in [-0.2, -0.15) is 0 Å². The highest BCUT2D eigenvalue weighted by atomic mass is 35.5. The van der Waals surface area contributed by atoms with Crippen molar-refractivity contribution in [2.75, 3.05) is 13.1 Å². The molecule has 1 aliphatic heterocycles. The second kappa shape index (κ2) is 4.97. The van der Waals surface area contributed by atoms with Crippen molar-refractivity contribution in [3.63, 3.8) is 0 Å². The topological polar surface area (TPSA) is 21.3 Å². The van der Waals surface area contributed by atoms with E-state index >= 15 is 0 Å². The smallest absolute Gasteiger partial charge is 0.0735 e. The van der Waals surface area contributed by atoms with Crippen LogP contribution in [0.15, 0.2) is 24.3 Å². The minimum atomic E-state index is 0.434. The van der Waals surface area contributed by atoms with Crippen molar-refractivity contribution in [2.45, 2.75) is 25.6 Å². The highest BCUT2D eigenvalue weighted by Crippen LogP contribution is 2.36. The van der Waals surface area contributed by atoms with Gasteiger partial charge in [-0.15, -0.1) is 0 Å². The van der Waals surface area contributed by atoms with Crippen molar-refractivity contribution in [1.82, 2.24) is 5.32 Å². The molecule has 17 heavy (non-hydrogen) atoms. The van der Waals surface area contributed by atoms with Crippen LogP contribution in [0.25, 0.3) is 0 Å². The van der Waals surface area contributed by atoms with E-state index in [0.717, 1.165) is 22.4 Å². The largest absolute Gasteiger partial charge is 0.373 e. The van der Waals surface area contributed by atoms with Crippen LogP contribution in [0.3, 0.4) is 0 Å². The van der Waals surface area contributed by atoms with E-state index in [1.54, 1.807) is 0 Å². The Morgan fingerprint density at radius 2 is 1.88 bits per heavy atom. The third kappa shape index (κ3) is 2.49. The molecule has 1 heterocycles. The van der Waals surface area contributed by atoms with Crippen molar-refractivity contribution >= 4 is 11.6 Å². The monoisotopic (exact) mass is 251 g/mol. The second-order valence-corrected chi connectivity index (χ2v) is 5.58. The van der Waals surface area contributed by atoms with Crippen LogP contribution in [0.5, 0.6) is 0 Å². The molecule has 0 amide bonds. The Labute approximate surface area is 107 Å². The molecule has 1 aromatic rings. The number of halogens is 1. The van der Waals surface area contributed by atoms with E-state index in [2.05, 4.69) is 5.32 Å². The predicted molar refractivity (Wildman–Crippen MR) is 69.1 cm³/mol. The predicted octanol–water partition coefficient (Wildman–Crippen LogP) is 2.85. The van der Waals surface area contributed by atoms with E-state index in [4.69, 9.17) is 16.3 Å². The maximum absolute atomic E-state index is 6.12. The molecule has 1 saturated carbocycles. The number of benzene rings is 1. The van der Waals surface area contributed by atoms with Crippen LogP contribution in [-0.4, -0.2) is 19.2 Å². The minimum Gasteiger partial charge on any atom is -0.373 e. The summed E-state index contributed by atoms with van der Waals surface area (Å²) in [7, 11) is 0. The Kier molecular flexibility index (Phi) is 3.37. The standard InChI is InChI=1S/C14H18ClNO/c15-14-4-2-1-3-10(14)9-17-13-5-11-7-16-8-12(11)6-13/h1-4,11-13,16H,5-9H2/t11-,12+,13?. The zero-order valence-electron chi connectivity index (χ0n) is 9.86. The number of nitrogens with one attached hydrogen (secondary N) is 1. The number of rotatable bonds is 3. The summed E-state index contributed by atoms with van der Waals surface area (Å²) in [5.41, 5.74) is 1.10. The van der Waals surface area contributed by atoms with Gasteiger partial charge in [-0.3, -0.25) is 0 Å². The first-order chi connectivity index (χ1) is 8.33. The lowest BCUT2D eigenvalue weighted by Crippen LogP contribution is -2.16. The highest BCUT2D eigenvalue weighted by molar-refractivity contribution is 6.31.